The zero-order valence-electron chi connectivity index (χ0n) is 11.5. The van der Waals surface area contributed by atoms with Crippen LogP contribution < -0.4 is 5.32 Å². The predicted molar refractivity (Wildman–Crippen MR) is 83.5 cm³/mol. The van der Waals surface area contributed by atoms with E-state index in [-0.39, 0.29) is 11.9 Å². The Labute approximate surface area is 130 Å². The summed E-state index contributed by atoms with van der Waals surface area (Å²) < 4.78 is 18.0. The molecule has 0 saturated carbocycles. The first kappa shape index (κ1) is 15.5. The molecule has 2 rings (SSSR count). The summed E-state index contributed by atoms with van der Waals surface area (Å²) in [6, 6.07) is 4.96. The summed E-state index contributed by atoms with van der Waals surface area (Å²) in [6.07, 6.45) is 2.77. The molecule has 1 aromatic heterocycles. The fraction of sp³-hybridized carbons (Fsp3) is 0.429. The van der Waals surface area contributed by atoms with Crippen LogP contribution in [0, 0.1) is 5.82 Å². The molecule has 0 bridgehead atoms. The summed E-state index contributed by atoms with van der Waals surface area (Å²) in [5.41, 5.74) is 2.14. The molecule has 0 spiro atoms. The Bertz CT molecular complexity index is 573. The molecule has 0 fully saturated rings. The average molecular weight is 358 g/mol. The zero-order valence-corrected chi connectivity index (χ0v) is 13.9. The average Bonchev–Trinajstić information content (AvgIpc) is 2.87. The highest BCUT2D eigenvalue weighted by Gasteiger charge is 2.19. The van der Waals surface area contributed by atoms with Gasteiger partial charge in [-0.15, -0.1) is 5.10 Å². The number of halogens is 2. The summed E-state index contributed by atoms with van der Waals surface area (Å²) in [7, 11) is 1.93. The number of aromatic nitrogens is 2. The van der Waals surface area contributed by atoms with E-state index in [4.69, 9.17) is 0 Å². The fourth-order valence-electron chi connectivity index (χ4n) is 2.12. The minimum atomic E-state index is -0.229. The van der Waals surface area contributed by atoms with Crippen LogP contribution in [0.25, 0.3) is 0 Å². The highest BCUT2D eigenvalue weighted by Crippen LogP contribution is 2.28. The van der Waals surface area contributed by atoms with Crippen molar-refractivity contribution < 1.29 is 4.39 Å². The van der Waals surface area contributed by atoms with Crippen molar-refractivity contribution in [3.63, 3.8) is 0 Å². The molecule has 2 aromatic rings. The minimum absolute atomic E-state index is 0.151. The van der Waals surface area contributed by atoms with Crippen molar-refractivity contribution in [3.05, 3.63) is 44.6 Å². The molecule has 0 aliphatic rings. The maximum atomic E-state index is 13.1. The van der Waals surface area contributed by atoms with Crippen LogP contribution in [0.15, 0.2) is 22.7 Å². The first-order valence-corrected chi connectivity index (χ1v) is 8.14. The van der Waals surface area contributed by atoms with Gasteiger partial charge in [0.1, 0.15) is 5.82 Å². The fourth-order valence-corrected chi connectivity index (χ4v) is 3.44. The van der Waals surface area contributed by atoms with E-state index in [1.165, 1.54) is 28.5 Å². The summed E-state index contributed by atoms with van der Waals surface area (Å²) in [4.78, 5) is 1.17. The standard InChI is InChI=1S/C14H17BrFN3S/c1-3-4-12-14(20-19-18-12)13(17-2)7-9-5-6-10(16)8-11(9)15/h5-6,8,13,17H,3-4,7H2,1-2H3. The monoisotopic (exact) mass is 357 g/mol. The van der Waals surface area contributed by atoms with Crippen LogP contribution in [0.1, 0.15) is 35.5 Å². The van der Waals surface area contributed by atoms with Gasteiger partial charge in [-0.3, -0.25) is 0 Å². The second-order valence-electron chi connectivity index (χ2n) is 4.61. The molecule has 6 heteroatoms. The lowest BCUT2D eigenvalue weighted by Crippen LogP contribution is -2.19. The van der Waals surface area contributed by atoms with E-state index < -0.39 is 0 Å². The van der Waals surface area contributed by atoms with E-state index >= 15 is 0 Å². The van der Waals surface area contributed by atoms with Crippen LogP contribution in [-0.4, -0.2) is 16.6 Å². The van der Waals surface area contributed by atoms with Gasteiger partial charge in [0, 0.05) is 10.5 Å². The highest BCUT2D eigenvalue weighted by molar-refractivity contribution is 9.10. The largest absolute Gasteiger partial charge is 0.312 e. The molecule has 1 atom stereocenters. The number of aryl methyl sites for hydroxylation is 1. The van der Waals surface area contributed by atoms with E-state index in [0.717, 1.165) is 35.0 Å². The maximum Gasteiger partial charge on any atom is 0.124 e. The van der Waals surface area contributed by atoms with E-state index in [0.29, 0.717) is 0 Å². The second-order valence-corrected chi connectivity index (χ2v) is 6.26. The van der Waals surface area contributed by atoms with Crippen molar-refractivity contribution >= 4 is 27.5 Å². The van der Waals surface area contributed by atoms with Gasteiger partial charge in [0.05, 0.1) is 10.6 Å². The second kappa shape index (κ2) is 7.24. The number of nitrogens with zero attached hydrogens (tertiary/aromatic N) is 2. The number of nitrogens with one attached hydrogen (secondary N) is 1. The number of hydrogen-bond donors (Lipinski definition) is 1. The summed E-state index contributed by atoms with van der Waals surface area (Å²) in [6.45, 7) is 2.13. The van der Waals surface area contributed by atoms with Crippen LogP contribution in [-0.2, 0) is 12.8 Å². The van der Waals surface area contributed by atoms with Crippen LogP contribution in [0.2, 0.25) is 0 Å². The van der Waals surface area contributed by atoms with E-state index in [2.05, 4.69) is 37.8 Å². The molecular weight excluding hydrogens is 341 g/mol. The van der Waals surface area contributed by atoms with Crippen molar-refractivity contribution in [1.82, 2.24) is 14.9 Å². The topological polar surface area (TPSA) is 37.8 Å². The van der Waals surface area contributed by atoms with Gasteiger partial charge in [0.25, 0.3) is 0 Å². The molecular formula is C14H17BrFN3S. The SMILES string of the molecule is CCCc1nnsc1C(Cc1ccc(F)cc1Br)NC. The summed E-state index contributed by atoms with van der Waals surface area (Å²) >= 11 is 4.86. The molecule has 108 valence electrons. The van der Waals surface area contributed by atoms with Crippen molar-refractivity contribution in [2.45, 2.75) is 32.2 Å². The van der Waals surface area contributed by atoms with Crippen molar-refractivity contribution in [1.29, 1.82) is 0 Å². The van der Waals surface area contributed by atoms with E-state index in [1.807, 2.05) is 13.1 Å². The third-order valence-corrected chi connectivity index (χ3v) is 4.79. The molecule has 1 unspecified atom stereocenters. The quantitative estimate of drug-likeness (QED) is 0.851. The first-order chi connectivity index (χ1) is 9.65. The number of rotatable bonds is 6. The van der Waals surface area contributed by atoms with Gasteiger partial charge in [-0.2, -0.15) is 0 Å². The van der Waals surface area contributed by atoms with Crippen LogP contribution in [0.4, 0.5) is 4.39 Å². The molecule has 0 aliphatic heterocycles. The Morgan fingerprint density at radius 2 is 2.25 bits per heavy atom. The number of benzene rings is 1. The summed E-state index contributed by atoms with van der Waals surface area (Å²) in [5, 5.41) is 7.52. The Balaban J connectivity index is 2.22. The molecule has 0 amide bonds. The number of likely N-dealkylation sites (N-methyl/N-ethyl adjacent to an activating group) is 1. The molecule has 1 heterocycles. The van der Waals surface area contributed by atoms with Gasteiger partial charge < -0.3 is 5.32 Å². The molecule has 3 nitrogen and oxygen atoms in total. The zero-order chi connectivity index (χ0) is 14.5. The lowest BCUT2D eigenvalue weighted by Gasteiger charge is -2.16. The van der Waals surface area contributed by atoms with Crippen molar-refractivity contribution in [2.24, 2.45) is 0 Å². The Morgan fingerprint density at radius 1 is 1.45 bits per heavy atom. The van der Waals surface area contributed by atoms with E-state index in [1.54, 1.807) is 0 Å². The van der Waals surface area contributed by atoms with Gasteiger partial charge in [-0.1, -0.05) is 39.8 Å². The normalized spacial score (nSPS) is 12.6. The van der Waals surface area contributed by atoms with Gasteiger partial charge in [-0.25, -0.2) is 4.39 Å². The van der Waals surface area contributed by atoms with Gasteiger partial charge in [-0.05, 0) is 49.1 Å². The van der Waals surface area contributed by atoms with E-state index in [9.17, 15) is 4.39 Å². The van der Waals surface area contributed by atoms with Crippen molar-refractivity contribution in [3.8, 4) is 0 Å². The van der Waals surface area contributed by atoms with Crippen LogP contribution in [0.3, 0.4) is 0 Å². The molecule has 1 aromatic carbocycles. The first-order valence-electron chi connectivity index (χ1n) is 6.58. The smallest absolute Gasteiger partial charge is 0.124 e. The Morgan fingerprint density at radius 3 is 2.90 bits per heavy atom. The third kappa shape index (κ3) is 3.62. The lowest BCUT2D eigenvalue weighted by atomic mass is 10.0. The van der Waals surface area contributed by atoms with Crippen LogP contribution in [0.5, 0.6) is 0 Å². The molecule has 1 N–H and O–H groups in total. The minimum Gasteiger partial charge on any atom is -0.312 e. The summed E-state index contributed by atoms with van der Waals surface area (Å²) in [5.74, 6) is -0.229. The molecule has 0 saturated heterocycles. The Hall–Kier alpha value is -0.850. The molecule has 0 aliphatic carbocycles. The molecule has 20 heavy (non-hydrogen) atoms. The van der Waals surface area contributed by atoms with Crippen molar-refractivity contribution in [2.75, 3.05) is 7.05 Å². The maximum absolute atomic E-state index is 13.1. The lowest BCUT2D eigenvalue weighted by molar-refractivity contribution is 0.588. The third-order valence-electron chi connectivity index (χ3n) is 3.18. The van der Waals surface area contributed by atoms with Crippen LogP contribution >= 0.6 is 27.5 Å². The predicted octanol–water partition coefficient (Wildman–Crippen LogP) is 3.90. The van der Waals surface area contributed by atoms with Gasteiger partial charge in [0.15, 0.2) is 0 Å². The Kier molecular flexibility index (Phi) is 5.63. The van der Waals surface area contributed by atoms with Gasteiger partial charge >= 0.3 is 0 Å². The number of hydrogen-bond acceptors (Lipinski definition) is 4. The highest BCUT2D eigenvalue weighted by atomic mass is 79.9. The molecule has 0 radical (unpaired) electrons. The van der Waals surface area contributed by atoms with Gasteiger partial charge in [0.2, 0.25) is 0 Å².